The van der Waals surface area contributed by atoms with Gasteiger partial charge in [0.05, 0.1) is 20.3 Å². The van der Waals surface area contributed by atoms with Crippen LogP contribution in [0.2, 0.25) is 0 Å². The number of guanidine groups is 1. The maximum Gasteiger partial charge on any atom is 0.191 e. The molecule has 0 bridgehead atoms. The van der Waals surface area contributed by atoms with Gasteiger partial charge in [-0.3, -0.25) is 0 Å². The van der Waals surface area contributed by atoms with Crippen LogP contribution in [0.3, 0.4) is 0 Å². The molecule has 21 heavy (non-hydrogen) atoms. The van der Waals surface area contributed by atoms with E-state index in [9.17, 15) is 0 Å². The minimum atomic E-state index is 0. The van der Waals surface area contributed by atoms with Gasteiger partial charge in [0.2, 0.25) is 0 Å². The second-order valence-corrected chi connectivity index (χ2v) is 4.14. The van der Waals surface area contributed by atoms with E-state index in [1.54, 1.807) is 7.11 Å². The third kappa shape index (κ3) is 6.88. The molecular formula is C15H26IN3O2. The Hall–Kier alpha value is -1.18. The van der Waals surface area contributed by atoms with E-state index < -0.39 is 0 Å². The van der Waals surface area contributed by atoms with Crippen LogP contribution in [-0.4, -0.2) is 32.8 Å². The highest BCUT2D eigenvalue weighted by atomic mass is 127. The van der Waals surface area contributed by atoms with Crippen molar-refractivity contribution in [1.29, 1.82) is 0 Å². The zero-order valence-corrected chi connectivity index (χ0v) is 15.6. The first-order chi connectivity index (χ1) is 9.74. The third-order valence-electron chi connectivity index (χ3n) is 2.64. The average molecular weight is 407 g/mol. The van der Waals surface area contributed by atoms with Crippen molar-refractivity contribution >= 4 is 29.9 Å². The molecule has 0 unspecified atom stereocenters. The van der Waals surface area contributed by atoms with E-state index in [0.717, 1.165) is 36.1 Å². The van der Waals surface area contributed by atoms with Gasteiger partial charge in [-0.05, 0) is 38.5 Å². The van der Waals surface area contributed by atoms with Crippen molar-refractivity contribution in [3.63, 3.8) is 0 Å². The molecule has 6 heteroatoms. The van der Waals surface area contributed by atoms with Gasteiger partial charge in [0.15, 0.2) is 17.5 Å². The van der Waals surface area contributed by atoms with E-state index in [4.69, 9.17) is 9.47 Å². The number of methoxy groups -OCH3 is 1. The summed E-state index contributed by atoms with van der Waals surface area (Å²) < 4.78 is 10.8. The quantitative estimate of drug-likeness (QED) is 0.415. The average Bonchev–Trinajstić information content (AvgIpc) is 2.46. The van der Waals surface area contributed by atoms with Crippen molar-refractivity contribution < 1.29 is 9.47 Å². The molecule has 0 amide bonds. The van der Waals surface area contributed by atoms with Gasteiger partial charge in [-0.1, -0.05) is 6.07 Å². The lowest BCUT2D eigenvalue weighted by atomic mass is 10.2. The molecule has 0 radical (unpaired) electrons. The van der Waals surface area contributed by atoms with E-state index in [1.165, 1.54) is 0 Å². The molecule has 0 fully saturated rings. The number of hydrogen-bond donors (Lipinski definition) is 2. The number of nitrogens with one attached hydrogen (secondary N) is 2. The minimum absolute atomic E-state index is 0. The Bertz CT molecular complexity index is 431. The van der Waals surface area contributed by atoms with Crippen LogP contribution < -0.4 is 20.1 Å². The van der Waals surface area contributed by atoms with E-state index in [0.29, 0.717) is 13.2 Å². The van der Waals surface area contributed by atoms with E-state index in [2.05, 4.69) is 15.6 Å². The summed E-state index contributed by atoms with van der Waals surface area (Å²) in [4.78, 5) is 4.53. The molecule has 0 aliphatic rings. The SMILES string of the molecule is CCNC(=NCc1ccc(OC)c(OCC)c1)NCC.I. The van der Waals surface area contributed by atoms with Crippen molar-refractivity contribution in [2.24, 2.45) is 4.99 Å². The fraction of sp³-hybridized carbons (Fsp3) is 0.533. The van der Waals surface area contributed by atoms with Crippen LogP contribution in [0.15, 0.2) is 23.2 Å². The zero-order valence-electron chi connectivity index (χ0n) is 13.2. The van der Waals surface area contributed by atoms with Gasteiger partial charge < -0.3 is 20.1 Å². The van der Waals surface area contributed by atoms with Crippen molar-refractivity contribution in [2.75, 3.05) is 26.8 Å². The Kier molecular flexibility index (Phi) is 10.8. The lowest BCUT2D eigenvalue weighted by molar-refractivity contribution is 0.310. The fourth-order valence-electron chi connectivity index (χ4n) is 1.77. The van der Waals surface area contributed by atoms with Crippen LogP contribution in [0.25, 0.3) is 0 Å². The lowest BCUT2D eigenvalue weighted by Crippen LogP contribution is -2.36. The largest absolute Gasteiger partial charge is 0.493 e. The summed E-state index contributed by atoms with van der Waals surface area (Å²) in [7, 11) is 1.64. The Balaban J connectivity index is 0.00000400. The second-order valence-electron chi connectivity index (χ2n) is 4.14. The maximum absolute atomic E-state index is 5.57. The molecule has 0 saturated heterocycles. The summed E-state index contributed by atoms with van der Waals surface area (Å²) in [5.41, 5.74) is 1.09. The van der Waals surface area contributed by atoms with E-state index in [-0.39, 0.29) is 24.0 Å². The molecule has 1 aromatic rings. The number of aliphatic imine (C=N–C) groups is 1. The Morgan fingerprint density at radius 1 is 1.10 bits per heavy atom. The van der Waals surface area contributed by atoms with E-state index >= 15 is 0 Å². The molecule has 1 rings (SSSR count). The van der Waals surface area contributed by atoms with Crippen molar-refractivity contribution in [2.45, 2.75) is 27.3 Å². The smallest absolute Gasteiger partial charge is 0.191 e. The minimum Gasteiger partial charge on any atom is -0.493 e. The van der Waals surface area contributed by atoms with Gasteiger partial charge in [-0.15, -0.1) is 24.0 Å². The summed E-state index contributed by atoms with van der Waals surface area (Å²) in [6.45, 7) is 8.96. The summed E-state index contributed by atoms with van der Waals surface area (Å²) in [6.07, 6.45) is 0. The maximum atomic E-state index is 5.57. The molecule has 0 saturated carbocycles. The number of nitrogens with zero attached hydrogens (tertiary/aromatic N) is 1. The summed E-state index contributed by atoms with van der Waals surface area (Å²) >= 11 is 0. The van der Waals surface area contributed by atoms with Crippen LogP contribution in [0.5, 0.6) is 11.5 Å². The molecule has 0 spiro atoms. The second kappa shape index (κ2) is 11.5. The normalized spacial score (nSPS) is 9.33. The van der Waals surface area contributed by atoms with Gasteiger partial charge in [0.25, 0.3) is 0 Å². The summed E-state index contributed by atoms with van der Waals surface area (Å²) in [5, 5.41) is 6.40. The number of halogens is 1. The van der Waals surface area contributed by atoms with Gasteiger partial charge in [0, 0.05) is 13.1 Å². The molecule has 0 aliphatic carbocycles. The van der Waals surface area contributed by atoms with Crippen LogP contribution in [0, 0.1) is 0 Å². The van der Waals surface area contributed by atoms with Gasteiger partial charge >= 0.3 is 0 Å². The zero-order chi connectivity index (χ0) is 14.8. The van der Waals surface area contributed by atoms with Crippen molar-refractivity contribution in [3.05, 3.63) is 23.8 Å². The van der Waals surface area contributed by atoms with Gasteiger partial charge in [0.1, 0.15) is 0 Å². The molecule has 0 aromatic heterocycles. The third-order valence-corrected chi connectivity index (χ3v) is 2.64. The first kappa shape index (κ1) is 19.8. The fourth-order valence-corrected chi connectivity index (χ4v) is 1.77. The van der Waals surface area contributed by atoms with Gasteiger partial charge in [-0.25, -0.2) is 4.99 Å². The predicted molar refractivity (Wildman–Crippen MR) is 98.1 cm³/mol. The standard InChI is InChI=1S/C15H25N3O2.HI/c1-5-16-15(17-6-2)18-11-12-8-9-13(19-4)14(10-12)20-7-3;/h8-10H,5-7,11H2,1-4H3,(H2,16,17,18);1H. The Morgan fingerprint density at radius 2 is 1.76 bits per heavy atom. The number of hydrogen-bond acceptors (Lipinski definition) is 3. The van der Waals surface area contributed by atoms with Crippen LogP contribution in [-0.2, 0) is 6.54 Å². The molecule has 5 nitrogen and oxygen atoms in total. The molecule has 0 heterocycles. The monoisotopic (exact) mass is 407 g/mol. The van der Waals surface area contributed by atoms with E-state index in [1.807, 2.05) is 39.0 Å². The molecule has 2 N–H and O–H groups in total. The van der Waals surface area contributed by atoms with Crippen molar-refractivity contribution in [3.8, 4) is 11.5 Å². The van der Waals surface area contributed by atoms with Gasteiger partial charge in [-0.2, -0.15) is 0 Å². The highest BCUT2D eigenvalue weighted by Crippen LogP contribution is 2.28. The highest BCUT2D eigenvalue weighted by Gasteiger charge is 2.05. The van der Waals surface area contributed by atoms with Crippen molar-refractivity contribution in [1.82, 2.24) is 10.6 Å². The molecular weight excluding hydrogens is 381 g/mol. The number of ether oxygens (including phenoxy) is 2. The predicted octanol–water partition coefficient (Wildman–Crippen LogP) is 2.79. The number of benzene rings is 1. The summed E-state index contributed by atoms with van der Waals surface area (Å²) in [6, 6.07) is 5.89. The molecule has 120 valence electrons. The lowest BCUT2D eigenvalue weighted by Gasteiger charge is -2.11. The molecule has 1 aromatic carbocycles. The number of rotatable bonds is 7. The molecule has 0 atom stereocenters. The summed E-state index contributed by atoms with van der Waals surface area (Å²) in [5.74, 6) is 2.33. The topological polar surface area (TPSA) is 54.9 Å². The Labute approximate surface area is 144 Å². The molecule has 0 aliphatic heterocycles. The first-order valence-electron chi connectivity index (χ1n) is 7.07. The Morgan fingerprint density at radius 3 is 2.29 bits per heavy atom. The van der Waals surface area contributed by atoms with Crippen LogP contribution >= 0.6 is 24.0 Å². The van der Waals surface area contributed by atoms with Crippen LogP contribution in [0.1, 0.15) is 26.3 Å². The highest BCUT2D eigenvalue weighted by molar-refractivity contribution is 14.0. The van der Waals surface area contributed by atoms with Crippen LogP contribution in [0.4, 0.5) is 0 Å². The first-order valence-corrected chi connectivity index (χ1v) is 7.07.